The van der Waals surface area contributed by atoms with Gasteiger partial charge in [0, 0.05) is 30.4 Å². The lowest BCUT2D eigenvalue weighted by atomic mass is 9.95. The summed E-state index contributed by atoms with van der Waals surface area (Å²) in [7, 11) is 0. The molecule has 2 aromatic rings. The lowest BCUT2D eigenvalue weighted by Gasteiger charge is -2.19. The molecule has 24 heavy (non-hydrogen) atoms. The van der Waals surface area contributed by atoms with E-state index in [4.69, 9.17) is 17.3 Å². The number of halogens is 6. The van der Waals surface area contributed by atoms with E-state index in [0.717, 1.165) is 12.1 Å². The van der Waals surface area contributed by atoms with Gasteiger partial charge in [0.1, 0.15) is 11.6 Å². The van der Waals surface area contributed by atoms with Crippen LogP contribution in [0.25, 0.3) is 0 Å². The molecule has 0 aliphatic heterocycles. The number of hydrogen-bond donors (Lipinski definition) is 1. The van der Waals surface area contributed by atoms with Crippen LogP contribution in [0.1, 0.15) is 17.2 Å². The summed E-state index contributed by atoms with van der Waals surface area (Å²) in [5.41, 5.74) is 6.22. The zero-order valence-electron chi connectivity index (χ0n) is 12.0. The molecule has 1 atom stereocenters. The van der Waals surface area contributed by atoms with Crippen molar-refractivity contribution in [3.05, 3.63) is 58.6 Å². The minimum atomic E-state index is -4.73. The molecule has 0 radical (unpaired) electrons. The fourth-order valence-corrected chi connectivity index (χ4v) is 2.18. The second-order valence-corrected chi connectivity index (χ2v) is 5.31. The highest BCUT2D eigenvalue weighted by Crippen LogP contribution is 2.32. The van der Waals surface area contributed by atoms with Crippen molar-refractivity contribution < 1.29 is 26.7 Å². The smallest absolute Gasteiger partial charge is 0.428 e. The number of hydrogen-bond acceptors (Lipinski definition) is 3. The number of nitrogens with zero attached hydrogens (tertiary/aromatic N) is 1. The fraction of sp³-hybridized carbons (Fsp3) is 0.267. The maximum atomic E-state index is 13.7. The predicted molar refractivity (Wildman–Crippen MR) is 78.1 cm³/mol. The predicted octanol–water partition coefficient (Wildman–Crippen LogP) is 4.20. The standard InChI is InChI=1S/C15H12ClF5N2O/c16-9-1-2-13(23-7-9)12(6-22)8-3-10(17)5-11(4-8)24-15(20,21)14(18)19/h1-5,7,12,14H,6,22H2/t12-/m0/s1. The van der Waals surface area contributed by atoms with Crippen molar-refractivity contribution in [2.24, 2.45) is 5.73 Å². The van der Waals surface area contributed by atoms with E-state index in [1.165, 1.54) is 12.3 Å². The summed E-state index contributed by atoms with van der Waals surface area (Å²) in [4.78, 5) is 4.04. The van der Waals surface area contributed by atoms with Crippen LogP contribution in [0.5, 0.6) is 5.75 Å². The average molecular weight is 367 g/mol. The normalized spacial score (nSPS) is 13.2. The van der Waals surface area contributed by atoms with Gasteiger partial charge >= 0.3 is 12.5 Å². The van der Waals surface area contributed by atoms with Gasteiger partial charge in [0.05, 0.1) is 5.02 Å². The molecule has 2 rings (SSSR count). The largest absolute Gasteiger partial charge is 0.461 e. The van der Waals surface area contributed by atoms with Gasteiger partial charge in [-0.3, -0.25) is 4.98 Å². The number of benzene rings is 1. The summed E-state index contributed by atoms with van der Waals surface area (Å²) < 4.78 is 68.0. The molecule has 0 saturated carbocycles. The second-order valence-electron chi connectivity index (χ2n) is 4.87. The van der Waals surface area contributed by atoms with Crippen LogP contribution in [0, 0.1) is 5.82 Å². The molecule has 130 valence electrons. The van der Waals surface area contributed by atoms with E-state index in [9.17, 15) is 22.0 Å². The third kappa shape index (κ3) is 4.33. The van der Waals surface area contributed by atoms with Crippen LogP contribution < -0.4 is 10.5 Å². The Morgan fingerprint density at radius 3 is 2.46 bits per heavy atom. The van der Waals surface area contributed by atoms with Gasteiger partial charge in [0.15, 0.2) is 0 Å². The van der Waals surface area contributed by atoms with Crippen LogP contribution in [0.15, 0.2) is 36.5 Å². The maximum Gasteiger partial charge on any atom is 0.461 e. The first-order valence-corrected chi connectivity index (χ1v) is 7.07. The van der Waals surface area contributed by atoms with Crippen molar-refractivity contribution >= 4 is 11.6 Å². The molecule has 2 N–H and O–H groups in total. The molecule has 0 amide bonds. The summed E-state index contributed by atoms with van der Waals surface area (Å²) in [6, 6.07) is 5.73. The van der Waals surface area contributed by atoms with Crippen molar-refractivity contribution in [3.8, 4) is 5.75 Å². The van der Waals surface area contributed by atoms with Gasteiger partial charge in [0.2, 0.25) is 0 Å². The van der Waals surface area contributed by atoms with Crippen LogP contribution in [-0.4, -0.2) is 24.1 Å². The Morgan fingerprint density at radius 2 is 1.92 bits per heavy atom. The van der Waals surface area contributed by atoms with Crippen molar-refractivity contribution in [1.82, 2.24) is 4.98 Å². The van der Waals surface area contributed by atoms with Crippen molar-refractivity contribution in [1.29, 1.82) is 0 Å². The molecule has 0 fully saturated rings. The first-order valence-electron chi connectivity index (χ1n) is 6.70. The minimum absolute atomic E-state index is 0.0250. The lowest BCUT2D eigenvalue weighted by molar-refractivity contribution is -0.253. The van der Waals surface area contributed by atoms with E-state index in [1.807, 2.05) is 0 Å². The van der Waals surface area contributed by atoms with Gasteiger partial charge in [-0.25, -0.2) is 4.39 Å². The van der Waals surface area contributed by atoms with Crippen LogP contribution in [0.2, 0.25) is 5.02 Å². The first kappa shape index (κ1) is 18.4. The quantitative estimate of drug-likeness (QED) is 0.779. The van der Waals surface area contributed by atoms with Crippen molar-refractivity contribution in [2.45, 2.75) is 18.5 Å². The van der Waals surface area contributed by atoms with Crippen LogP contribution in [-0.2, 0) is 0 Å². The third-order valence-corrected chi connectivity index (χ3v) is 3.37. The number of ether oxygens (including phenoxy) is 1. The highest BCUT2D eigenvalue weighted by atomic mass is 35.5. The van der Waals surface area contributed by atoms with Gasteiger partial charge in [-0.2, -0.15) is 17.6 Å². The minimum Gasteiger partial charge on any atom is -0.428 e. The Balaban J connectivity index is 2.37. The van der Waals surface area contributed by atoms with E-state index in [2.05, 4.69) is 9.72 Å². The molecule has 0 bridgehead atoms. The molecule has 1 heterocycles. The molecule has 1 aromatic heterocycles. The molecule has 9 heteroatoms. The molecule has 3 nitrogen and oxygen atoms in total. The lowest BCUT2D eigenvalue weighted by Crippen LogP contribution is -2.33. The van der Waals surface area contributed by atoms with E-state index in [0.29, 0.717) is 16.8 Å². The topological polar surface area (TPSA) is 48.1 Å². The van der Waals surface area contributed by atoms with Crippen LogP contribution >= 0.6 is 11.6 Å². The zero-order valence-corrected chi connectivity index (χ0v) is 12.8. The highest BCUT2D eigenvalue weighted by Gasteiger charge is 2.44. The zero-order chi connectivity index (χ0) is 17.9. The molecular weight excluding hydrogens is 355 g/mol. The molecular formula is C15H12ClF5N2O. The van der Waals surface area contributed by atoms with E-state index < -0.39 is 30.0 Å². The number of alkyl halides is 4. The van der Waals surface area contributed by atoms with Gasteiger partial charge in [-0.15, -0.1) is 0 Å². The molecule has 0 spiro atoms. The molecule has 1 aromatic carbocycles. The Morgan fingerprint density at radius 1 is 1.21 bits per heavy atom. The second kappa shape index (κ2) is 7.31. The Hall–Kier alpha value is -1.93. The average Bonchev–Trinajstić information content (AvgIpc) is 2.48. The number of nitrogens with two attached hydrogens (primary N) is 1. The van der Waals surface area contributed by atoms with Crippen molar-refractivity contribution in [2.75, 3.05) is 6.54 Å². The Kier molecular flexibility index (Phi) is 5.61. The Bertz CT molecular complexity index is 697. The van der Waals surface area contributed by atoms with Gasteiger partial charge in [-0.05, 0) is 29.8 Å². The summed E-state index contributed by atoms with van der Waals surface area (Å²) in [5, 5.41) is 0.370. The molecule has 0 saturated heterocycles. The van der Waals surface area contributed by atoms with Crippen molar-refractivity contribution in [3.63, 3.8) is 0 Å². The van der Waals surface area contributed by atoms with Crippen LogP contribution in [0.3, 0.4) is 0 Å². The summed E-state index contributed by atoms with van der Waals surface area (Å²) in [6.07, 6.45) is -7.43. The highest BCUT2D eigenvalue weighted by molar-refractivity contribution is 6.30. The van der Waals surface area contributed by atoms with Gasteiger partial charge in [-0.1, -0.05) is 11.6 Å². The number of aromatic nitrogens is 1. The number of pyridine rings is 1. The summed E-state index contributed by atoms with van der Waals surface area (Å²) in [5.74, 6) is -2.32. The first-order chi connectivity index (χ1) is 11.2. The maximum absolute atomic E-state index is 13.7. The van der Waals surface area contributed by atoms with E-state index >= 15 is 0 Å². The monoisotopic (exact) mass is 366 g/mol. The SMILES string of the molecule is NC[C@@H](c1cc(F)cc(OC(F)(F)C(F)F)c1)c1ccc(Cl)cn1. The third-order valence-electron chi connectivity index (χ3n) is 3.15. The van der Waals surface area contributed by atoms with Gasteiger partial charge in [0.25, 0.3) is 0 Å². The molecule has 0 aliphatic carbocycles. The molecule has 0 aliphatic rings. The summed E-state index contributed by atoms with van der Waals surface area (Å²) >= 11 is 5.73. The van der Waals surface area contributed by atoms with E-state index in [1.54, 1.807) is 6.07 Å². The molecule has 0 unspecified atom stereocenters. The summed E-state index contributed by atoms with van der Waals surface area (Å²) in [6.45, 7) is -0.0250. The van der Waals surface area contributed by atoms with Gasteiger partial charge < -0.3 is 10.5 Å². The Labute approximate surface area is 139 Å². The number of rotatable bonds is 6. The fourth-order valence-electron chi connectivity index (χ4n) is 2.07. The van der Waals surface area contributed by atoms with E-state index in [-0.39, 0.29) is 12.1 Å². The van der Waals surface area contributed by atoms with Crippen LogP contribution in [0.4, 0.5) is 22.0 Å².